The van der Waals surface area contributed by atoms with Crippen LogP contribution in [0.25, 0.3) is 11.1 Å². The second-order valence-electron chi connectivity index (χ2n) is 7.55. The molecular weight excluding hydrogens is 354 g/mol. The molecule has 142 valence electrons. The topological polar surface area (TPSA) is 67.6 Å². The number of likely N-dealkylation sites (tertiary alicyclic amines) is 1. The molecule has 3 aromatic rings. The van der Waals surface area contributed by atoms with Gasteiger partial charge in [-0.2, -0.15) is 0 Å². The molecule has 0 saturated carbocycles. The molecule has 6 heteroatoms. The Morgan fingerprint density at radius 2 is 1.75 bits per heavy atom. The van der Waals surface area contributed by atoms with Gasteiger partial charge >= 0.3 is 6.09 Å². The standard InChI is InChI=1S/C22H21N3O3/c1-24-11-10-23-20(24)22(27)13-25(14-22)21(26)28-12-19-17-8-4-2-6-15(17)16-7-3-5-9-18(16)19/h2-11,19,27H,12-14H2,1H3. The summed E-state index contributed by atoms with van der Waals surface area (Å²) in [6.45, 7) is 0.660. The van der Waals surface area contributed by atoms with Crippen molar-refractivity contribution < 1.29 is 14.6 Å². The van der Waals surface area contributed by atoms with Gasteiger partial charge in [-0.1, -0.05) is 48.5 Å². The lowest BCUT2D eigenvalue weighted by atomic mass is 9.93. The van der Waals surface area contributed by atoms with Crippen molar-refractivity contribution in [1.82, 2.24) is 14.5 Å². The van der Waals surface area contributed by atoms with Crippen LogP contribution in [0, 0.1) is 0 Å². The van der Waals surface area contributed by atoms with Crippen LogP contribution in [0.15, 0.2) is 60.9 Å². The summed E-state index contributed by atoms with van der Waals surface area (Å²) in [6, 6.07) is 16.5. The number of hydrogen-bond donors (Lipinski definition) is 1. The Morgan fingerprint density at radius 1 is 1.14 bits per heavy atom. The molecule has 1 aromatic heterocycles. The Balaban J connectivity index is 1.28. The molecule has 1 fully saturated rings. The van der Waals surface area contributed by atoms with Gasteiger partial charge in [-0.15, -0.1) is 0 Å². The van der Waals surface area contributed by atoms with E-state index in [9.17, 15) is 9.90 Å². The molecule has 0 radical (unpaired) electrons. The van der Waals surface area contributed by atoms with Crippen molar-refractivity contribution in [2.24, 2.45) is 7.05 Å². The molecule has 5 rings (SSSR count). The van der Waals surface area contributed by atoms with E-state index in [2.05, 4.69) is 29.2 Å². The first kappa shape index (κ1) is 17.0. The third-order valence-corrected chi connectivity index (χ3v) is 5.74. The Morgan fingerprint density at radius 3 is 2.32 bits per heavy atom. The summed E-state index contributed by atoms with van der Waals surface area (Å²) >= 11 is 0. The van der Waals surface area contributed by atoms with E-state index < -0.39 is 11.7 Å². The minimum Gasteiger partial charge on any atom is -0.448 e. The smallest absolute Gasteiger partial charge is 0.410 e. The number of benzene rings is 2. The molecule has 1 aliphatic carbocycles. The summed E-state index contributed by atoms with van der Waals surface area (Å²) in [5.41, 5.74) is 3.66. The number of aryl methyl sites for hydroxylation is 1. The summed E-state index contributed by atoms with van der Waals surface area (Å²) in [5, 5.41) is 10.7. The van der Waals surface area contributed by atoms with Crippen molar-refractivity contribution >= 4 is 6.09 Å². The maximum Gasteiger partial charge on any atom is 0.410 e. The average molecular weight is 375 g/mol. The van der Waals surface area contributed by atoms with E-state index in [0.717, 1.165) is 0 Å². The number of amides is 1. The van der Waals surface area contributed by atoms with Crippen LogP contribution < -0.4 is 0 Å². The van der Waals surface area contributed by atoms with Gasteiger partial charge in [0.05, 0.1) is 13.1 Å². The first-order valence-electron chi connectivity index (χ1n) is 9.37. The van der Waals surface area contributed by atoms with Crippen LogP contribution in [-0.4, -0.2) is 45.3 Å². The second kappa shape index (κ2) is 6.21. The molecule has 0 bridgehead atoms. The molecule has 1 amide bonds. The van der Waals surface area contributed by atoms with Gasteiger partial charge in [-0.05, 0) is 22.3 Å². The lowest BCUT2D eigenvalue weighted by Crippen LogP contribution is -2.62. The third kappa shape index (κ3) is 2.52. The summed E-state index contributed by atoms with van der Waals surface area (Å²) in [6.07, 6.45) is 3.02. The van der Waals surface area contributed by atoms with Crippen LogP contribution in [0.1, 0.15) is 22.9 Å². The normalized spacial score (nSPS) is 17.0. The monoisotopic (exact) mass is 375 g/mol. The number of carbonyl (C=O) groups is 1. The zero-order chi connectivity index (χ0) is 19.3. The van der Waals surface area contributed by atoms with Gasteiger partial charge in [0, 0.05) is 25.4 Å². The molecule has 28 heavy (non-hydrogen) atoms. The van der Waals surface area contributed by atoms with E-state index in [0.29, 0.717) is 5.82 Å². The molecule has 1 N–H and O–H groups in total. The number of fused-ring (bicyclic) bond motifs is 3. The van der Waals surface area contributed by atoms with Gasteiger partial charge in [0.25, 0.3) is 0 Å². The van der Waals surface area contributed by atoms with Crippen molar-refractivity contribution in [2.45, 2.75) is 11.5 Å². The van der Waals surface area contributed by atoms with E-state index in [1.54, 1.807) is 17.0 Å². The average Bonchev–Trinajstić information content (AvgIpc) is 3.25. The molecule has 2 heterocycles. The van der Waals surface area contributed by atoms with Crippen molar-refractivity contribution in [2.75, 3.05) is 19.7 Å². The van der Waals surface area contributed by atoms with E-state index in [-0.39, 0.29) is 25.6 Å². The predicted molar refractivity (Wildman–Crippen MR) is 104 cm³/mol. The van der Waals surface area contributed by atoms with E-state index in [1.165, 1.54) is 27.2 Å². The fourth-order valence-corrected chi connectivity index (χ4v) is 4.36. The van der Waals surface area contributed by atoms with Gasteiger partial charge < -0.3 is 19.3 Å². The molecular formula is C22H21N3O3. The lowest BCUT2D eigenvalue weighted by molar-refractivity contribution is -0.101. The predicted octanol–water partition coefficient (Wildman–Crippen LogP) is 2.87. The summed E-state index contributed by atoms with van der Waals surface area (Å²) < 4.78 is 7.41. The Labute approximate surface area is 163 Å². The molecule has 1 saturated heterocycles. The maximum absolute atomic E-state index is 12.5. The van der Waals surface area contributed by atoms with Crippen LogP contribution in [0.5, 0.6) is 0 Å². The highest BCUT2D eigenvalue weighted by Gasteiger charge is 2.48. The molecule has 2 aliphatic rings. The number of nitrogens with zero attached hydrogens (tertiary/aromatic N) is 3. The highest BCUT2D eigenvalue weighted by atomic mass is 16.6. The largest absolute Gasteiger partial charge is 0.448 e. The second-order valence-corrected chi connectivity index (χ2v) is 7.55. The van der Waals surface area contributed by atoms with Crippen LogP contribution in [-0.2, 0) is 17.4 Å². The van der Waals surface area contributed by atoms with Crippen LogP contribution in [0.2, 0.25) is 0 Å². The van der Waals surface area contributed by atoms with Crippen LogP contribution in [0.3, 0.4) is 0 Å². The first-order valence-corrected chi connectivity index (χ1v) is 9.37. The third-order valence-electron chi connectivity index (χ3n) is 5.74. The van der Waals surface area contributed by atoms with Gasteiger partial charge in [-0.3, -0.25) is 0 Å². The number of rotatable bonds is 3. The van der Waals surface area contributed by atoms with E-state index in [1.807, 2.05) is 31.3 Å². The van der Waals surface area contributed by atoms with E-state index in [4.69, 9.17) is 4.74 Å². The Bertz CT molecular complexity index is 1010. The van der Waals surface area contributed by atoms with Gasteiger partial charge in [0.2, 0.25) is 0 Å². The Kier molecular flexibility index (Phi) is 3.77. The lowest BCUT2D eigenvalue weighted by Gasteiger charge is -2.44. The number of imidazole rings is 1. The highest BCUT2D eigenvalue weighted by Crippen LogP contribution is 2.44. The fourth-order valence-electron chi connectivity index (χ4n) is 4.36. The molecule has 1 aliphatic heterocycles. The summed E-state index contributed by atoms with van der Waals surface area (Å²) in [5.74, 6) is 0.598. The SMILES string of the molecule is Cn1ccnc1C1(O)CN(C(=O)OCC2c3ccccc3-c3ccccc32)C1. The molecule has 2 aromatic carbocycles. The number of aliphatic hydroxyl groups is 1. The Hall–Kier alpha value is -3.12. The van der Waals surface area contributed by atoms with Gasteiger partial charge in [0.1, 0.15) is 12.4 Å². The van der Waals surface area contributed by atoms with E-state index >= 15 is 0 Å². The quantitative estimate of drug-likeness (QED) is 0.764. The molecule has 0 unspecified atom stereocenters. The maximum atomic E-state index is 12.5. The van der Waals surface area contributed by atoms with Gasteiger partial charge in [-0.25, -0.2) is 9.78 Å². The van der Waals surface area contributed by atoms with Crippen molar-refractivity contribution in [3.05, 3.63) is 77.9 Å². The zero-order valence-electron chi connectivity index (χ0n) is 15.6. The number of ether oxygens (including phenoxy) is 1. The fraction of sp³-hybridized carbons (Fsp3) is 0.273. The minimum atomic E-state index is -1.11. The summed E-state index contributed by atoms with van der Waals surface area (Å²) in [4.78, 5) is 18.2. The van der Waals surface area contributed by atoms with Crippen molar-refractivity contribution in [3.8, 4) is 11.1 Å². The highest BCUT2D eigenvalue weighted by molar-refractivity contribution is 5.79. The van der Waals surface area contributed by atoms with Crippen molar-refractivity contribution in [3.63, 3.8) is 0 Å². The number of β-amino-alcohol motifs (C(OH)–C–C–N with tert-alkyl or cyclic N) is 1. The molecule has 6 nitrogen and oxygen atoms in total. The number of carbonyl (C=O) groups excluding carboxylic acids is 1. The zero-order valence-corrected chi connectivity index (χ0v) is 15.6. The number of aromatic nitrogens is 2. The number of hydrogen-bond acceptors (Lipinski definition) is 4. The molecule has 0 spiro atoms. The first-order chi connectivity index (χ1) is 13.6. The molecule has 0 atom stereocenters. The summed E-state index contributed by atoms with van der Waals surface area (Å²) in [7, 11) is 1.83. The van der Waals surface area contributed by atoms with Crippen LogP contribution in [0.4, 0.5) is 4.79 Å². The minimum absolute atomic E-state index is 0.0334. The van der Waals surface area contributed by atoms with Gasteiger partial charge in [0.15, 0.2) is 5.60 Å². The van der Waals surface area contributed by atoms with Crippen molar-refractivity contribution in [1.29, 1.82) is 0 Å². The van der Waals surface area contributed by atoms with Crippen LogP contribution >= 0.6 is 0 Å².